The van der Waals surface area contributed by atoms with Crippen molar-refractivity contribution in [1.82, 2.24) is 0 Å². The number of methoxy groups -OCH3 is 1. The first kappa shape index (κ1) is 12.2. The summed E-state index contributed by atoms with van der Waals surface area (Å²) in [5.41, 5.74) is 0.898. The average molecular weight is 222 g/mol. The van der Waals surface area contributed by atoms with Crippen molar-refractivity contribution < 1.29 is 19.1 Å². The molecular weight excluding hydrogens is 208 g/mol. The molecule has 0 aliphatic carbocycles. The summed E-state index contributed by atoms with van der Waals surface area (Å²) >= 11 is 0. The minimum atomic E-state index is -0.259. The van der Waals surface area contributed by atoms with E-state index in [2.05, 4.69) is 4.74 Å². The number of esters is 1. The van der Waals surface area contributed by atoms with Gasteiger partial charge in [-0.05, 0) is 18.1 Å². The molecule has 0 fully saturated rings. The molecular formula is C12H14O4. The van der Waals surface area contributed by atoms with Crippen LogP contribution in [0.4, 0.5) is 0 Å². The first-order chi connectivity index (χ1) is 7.77. The number of rotatable bonds is 6. The van der Waals surface area contributed by atoms with Crippen LogP contribution in [0.1, 0.15) is 12.0 Å². The van der Waals surface area contributed by atoms with Crippen LogP contribution in [0.2, 0.25) is 0 Å². The number of ether oxygens (including phenoxy) is 2. The van der Waals surface area contributed by atoms with E-state index >= 15 is 0 Å². The molecule has 1 aromatic carbocycles. The molecule has 4 nitrogen and oxygen atoms in total. The van der Waals surface area contributed by atoms with Gasteiger partial charge >= 0.3 is 5.97 Å². The molecule has 0 saturated heterocycles. The van der Waals surface area contributed by atoms with Crippen LogP contribution >= 0.6 is 0 Å². The van der Waals surface area contributed by atoms with E-state index in [-0.39, 0.29) is 12.6 Å². The van der Waals surface area contributed by atoms with E-state index in [1.54, 1.807) is 6.07 Å². The number of carbonyl (C=O) groups excluding carboxylic acids is 2. The zero-order chi connectivity index (χ0) is 11.8. The van der Waals surface area contributed by atoms with Crippen molar-refractivity contribution in [2.24, 2.45) is 0 Å². The minimum Gasteiger partial charge on any atom is -0.486 e. The first-order valence-electron chi connectivity index (χ1n) is 4.99. The highest BCUT2D eigenvalue weighted by Crippen LogP contribution is 2.19. The third kappa shape index (κ3) is 3.73. The summed E-state index contributed by atoms with van der Waals surface area (Å²) in [7, 11) is 1.36. The van der Waals surface area contributed by atoms with Crippen molar-refractivity contribution in [3.8, 4) is 5.75 Å². The van der Waals surface area contributed by atoms with Gasteiger partial charge in [0.05, 0.1) is 7.11 Å². The molecule has 0 aliphatic rings. The maximum Gasteiger partial charge on any atom is 0.305 e. The lowest BCUT2D eigenvalue weighted by molar-refractivity contribution is -0.140. The number of hydrogen-bond acceptors (Lipinski definition) is 4. The first-order valence-corrected chi connectivity index (χ1v) is 4.99. The Balaban J connectivity index is 2.63. The van der Waals surface area contributed by atoms with Crippen LogP contribution in [0, 0.1) is 0 Å². The van der Waals surface area contributed by atoms with Gasteiger partial charge in [0, 0.05) is 6.42 Å². The Morgan fingerprint density at radius 1 is 1.38 bits per heavy atom. The smallest absolute Gasteiger partial charge is 0.305 e. The molecule has 0 unspecified atom stereocenters. The average Bonchev–Trinajstić information content (AvgIpc) is 2.34. The molecule has 0 amide bonds. The molecule has 4 heteroatoms. The van der Waals surface area contributed by atoms with Crippen LogP contribution in [0.5, 0.6) is 5.75 Å². The van der Waals surface area contributed by atoms with Gasteiger partial charge in [-0.2, -0.15) is 0 Å². The molecule has 0 bridgehead atoms. The highest BCUT2D eigenvalue weighted by atomic mass is 16.5. The predicted molar refractivity (Wildman–Crippen MR) is 58.3 cm³/mol. The molecule has 0 spiro atoms. The molecule has 0 saturated carbocycles. The van der Waals surface area contributed by atoms with E-state index in [1.807, 2.05) is 18.2 Å². The third-order valence-electron chi connectivity index (χ3n) is 2.11. The Labute approximate surface area is 94.2 Å². The largest absolute Gasteiger partial charge is 0.486 e. The van der Waals surface area contributed by atoms with Gasteiger partial charge in [0.25, 0.3) is 0 Å². The lowest BCUT2D eigenvalue weighted by atomic mass is 10.1. The highest BCUT2D eigenvalue weighted by Gasteiger charge is 2.06. The van der Waals surface area contributed by atoms with Gasteiger partial charge in [-0.3, -0.25) is 9.59 Å². The van der Waals surface area contributed by atoms with Gasteiger partial charge in [0.15, 0.2) is 6.29 Å². The number of hydrogen-bond donors (Lipinski definition) is 0. The summed E-state index contributed by atoms with van der Waals surface area (Å²) in [6, 6.07) is 7.32. The SMILES string of the molecule is COC(=O)CCc1ccccc1OCC=O. The van der Waals surface area contributed by atoms with Crippen LogP contribution in [-0.4, -0.2) is 26.0 Å². The molecule has 86 valence electrons. The minimum absolute atomic E-state index is 0.0231. The van der Waals surface area contributed by atoms with Crippen molar-refractivity contribution in [2.75, 3.05) is 13.7 Å². The van der Waals surface area contributed by atoms with E-state index in [0.717, 1.165) is 5.56 Å². The summed E-state index contributed by atoms with van der Waals surface area (Å²) in [5.74, 6) is 0.378. The summed E-state index contributed by atoms with van der Waals surface area (Å²) in [6.07, 6.45) is 1.54. The van der Waals surface area contributed by atoms with E-state index in [0.29, 0.717) is 24.9 Å². The highest BCUT2D eigenvalue weighted by molar-refractivity contribution is 5.69. The van der Waals surface area contributed by atoms with Crippen molar-refractivity contribution in [3.63, 3.8) is 0 Å². The summed E-state index contributed by atoms with van der Waals surface area (Å²) in [6.45, 7) is 0.0231. The summed E-state index contributed by atoms with van der Waals surface area (Å²) in [5, 5.41) is 0. The Morgan fingerprint density at radius 2 is 2.12 bits per heavy atom. The van der Waals surface area contributed by atoms with Crippen molar-refractivity contribution in [1.29, 1.82) is 0 Å². The van der Waals surface area contributed by atoms with E-state index in [1.165, 1.54) is 7.11 Å². The van der Waals surface area contributed by atoms with Gasteiger partial charge in [-0.15, -0.1) is 0 Å². The lowest BCUT2D eigenvalue weighted by Gasteiger charge is -2.08. The fraction of sp³-hybridized carbons (Fsp3) is 0.333. The molecule has 0 aromatic heterocycles. The van der Waals surface area contributed by atoms with E-state index in [4.69, 9.17) is 4.74 Å². The second-order valence-electron chi connectivity index (χ2n) is 3.16. The number of benzene rings is 1. The normalized spacial score (nSPS) is 9.56. The molecule has 16 heavy (non-hydrogen) atoms. The molecule has 1 aromatic rings. The van der Waals surface area contributed by atoms with Crippen LogP contribution in [0.3, 0.4) is 0 Å². The number of para-hydroxylation sites is 1. The van der Waals surface area contributed by atoms with Gasteiger partial charge in [-0.25, -0.2) is 0 Å². The lowest BCUT2D eigenvalue weighted by Crippen LogP contribution is -2.04. The van der Waals surface area contributed by atoms with Gasteiger partial charge in [0.2, 0.25) is 0 Å². The van der Waals surface area contributed by atoms with Crippen LogP contribution < -0.4 is 4.74 Å². The second kappa shape index (κ2) is 6.61. The van der Waals surface area contributed by atoms with Crippen LogP contribution in [0.25, 0.3) is 0 Å². The van der Waals surface area contributed by atoms with Crippen molar-refractivity contribution >= 4 is 12.3 Å². The Bertz CT molecular complexity index is 360. The topological polar surface area (TPSA) is 52.6 Å². The van der Waals surface area contributed by atoms with Gasteiger partial charge in [-0.1, -0.05) is 18.2 Å². The molecule has 0 N–H and O–H groups in total. The molecule has 0 heterocycles. The zero-order valence-electron chi connectivity index (χ0n) is 9.14. The molecule has 0 radical (unpaired) electrons. The monoisotopic (exact) mass is 222 g/mol. The molecule has 0 atom stereocenters. The molecule has 0 aliphatic heterocycles. The van der Waals surface area contributed by atoms with Crippen molar-refractivity contribution in [3.05, 3.63) is 29.8 Å². The Hall–Kier alpha value is -1.84. The maximum absolute atomic E-state index is 11.0. The van der Waals surface area contributed by atoms with E-state index in [9.17, 15) is 9.59 Å². The number of aryl methyl sites for hydroxylation is 1. The fourth-order valence-corrected chi connectivity index (χ4v) is 1.31. The predicted octanol–water partition coefficient (Wildman–Crippen LogP) is 1.37. The Morgan fingerprint density at radius 3 is 2.81 bits per heavy atom. The molecule has 1 rings (SSSR count). The Kier molecular flexibility index (Phi) is 5.05. The second-order valence-corrected chi connectivity index (χ2v) is 3.16. The number of aldehydes is 1. The fourth-order valence-electron chi connectivity index (χ4n) is 1.31. The standard InChI is InChI=1S/C12H14O4/c1-15-12(14)7-6-10-4-2-3-5-11(10)16-9-8-13/h2-5,8H,6-7,9H2,1H3. The van der Waals surface area contributed by atoms with Crippen molar-refractivity contribution in [2.45, 2.75) is 12.8 Å². The van der Waals surface area contributed by atoms with E-state index < -0.39 is 0 Å². The van der Waals surface area contributed by atoms with Gasteiger partial charge < -0.3 is 9.47 Å². The summed E-state index contributed by atoms with van der Waals surface area (Å²) in [4.78, 5) is 21.2. The number of carbonyl (C=O) groups is 2. The maximum atomic E-state index is 11.0. The summed E-state index contributed by atoms with van der Waals surface area (Å²) < 4.78 is 9.79. The van der Waals surface area contributed by atoms with Crippen LogP contribution in [-0.2, 0) is 20.7 Å². The van der Waals surface area contributed by atoms with Crippen LogP contribution in [0.15, 0.2) is 24.3 Å². The quantitative estimate of drug-likeness (QED) is 0.539. The third-order valence-corrected chi connectivity index (χ3v) is 2.11. The zero-order valence-corrected chi connectivity index (χ0v) is 9.14. The van der Waals surface area contributed by atoms with Gasteiger partial charge in [0.1, 0.15) is 12.4 Å².